The molecule has 0 aromatic heterocycles. The molecule has 5 N–H and O–H groups in total. The van der Waals surface area contributed by atoms with E-state index in [1.807, 2.05) is 0 Å². The third-order valence-electron chi connectivity index (χ3n) is 0. The molecule has 0 bridgehead atoms. The number of hydrogen-bond donors (Lipinski definition) is 3. The number of rotatable bonds is 0. The molecule has 0 aliphatic rings. The maximum atomic E-state index is 8.60. The van der Waals surface area contributed by atoms with Crippen LogP contribution in [0, 0.1) is 20.4 Å². The standard InChI is InChI=1S/ClHO4.2K.HNO3.H3N/c2-1(3,4)5;;;2-1(3)4;/h(H,2,3,4,5);;;(H,2,3,4);1H3/q;2*+1;;. The first-order valence-electron chi connectivity index (χ1n) is 1.20. The molecule has 12 heavy (non-hydrogen) atoms. The van der Waals surface area contributed by atoms with Gasteiger partial charge in [-0.3, -0.25) is 0 Å². The van der Waals surface area contributed by atoms with Gasteiger partial charge >= 0.3 is 103 Å². The van der Waals surface area contributed by atoms with Gasteiger partial charge in [0.25, 0.3) is 5.09 Å². The zero-order valence-electron chi connectivity index (χ0n) is 6.47. The van der Waals surface area contributed by atoms with E-state index < -0.39 is 15.3 Å². The fourth-order valence-corrected chi connectivity index (χ4v) is 0. The summed E-state index contributed by atoms with van der Waals surface area (Å²) in [5.74, 6) is 0. The Kier molecular flexibility index (Phi) is 39.1. The van der Waals surface area contributed by atoms with Crippen LogP contribution in [0.4, 0.5) is 0 Å². The Morgan fingerprint density at radius 2 is 1.17 bits per heavy atom. The molecule has 0 spiro atoms. The molecule has 0 radical (unpaired) electrons. The van der Waals surface area contributed by atoms with Crippen molar-refractivity contribution in [3.05, 3.63) is 10.1 Å². The zero-order chi connectivity index (χ0) is 8.08. The van der Waals surface area contributed by atoms with Crippen LogP contribution < -0.4 is 123 Å². The van der Waals surface area contributed by atoms with Crippen molar-refractivity contribution in [3.63, 3.8) is 0 Å². The summed E-state index contributed by atoms with van der Waals surface area (Å²) in [6.45, 7) is 0. The van der Waals surface area contributed by atoms with E-state index in [9.17, 15) is 0 Å². The van der Waals surface area contributed by atoms with E-state index in [0.717, 1.165) is 0 Å². The minimum absolute atomic E-state index is 0. The van der Waals surface area contributed by atoms with Gasteiger partial charge in [-0.25, -0.2) is 0 Å². The molecule has 0 rings (SSSR count). The van der Waals surface area contributed by atoms with Crippen LogP contribution in [0.5, 0.6) is 0 Å². The van der Waals surface area contributed by atoms with E-state index in [1.54, 1.807) is 0 Å². The summed E-state index contributed by atoms with van der Waals surface area (Å²) < 4.78 is 32.7. The number of halogens is 1. The molecule has 0 saturated carbocycles. The topological polar surface area (TPSA) is 188 Å². The Bertz CT molecular complexity index is 81.9. The van der Waals surface area contributed by atoms with E-state index in [0.29, 0.717) is 0 Å². The maximum Gasteiger partial charge on any atom is 1.00 e. The predicted molar refractivity (Wildman–Crippen MR) is 16.0 cm³/mol. The molecule has 12 heteroatoms. The van der Waals surface area contributed by atoms with Gasteiger partial charge in [-0.1, -0.05) is 0 Å². The van der Waals surface area contributed by atoms with Crippen LogP contribution in [-0.4, -0.2) is 15.0 Å². The van der Waals surface area contributed by atoms with Crippen molar-refractivity contribution in [1.29, 1.82) is 0 Å². The molecule has 0 heterocycles. The molecule has 0 aliphatic carbocycles. The Labute approximate surface area is 154 Å². The molecule has 0 fully saturated rings. The summed E-state index contributed by atoms with van der Waals surface area (Å²) in [7, 11) is -4.69. The van der Waals surface area contributed by atoms with Crippen molar-refractivity contribution >= 4 is 0 Å². The first-order valence-corrected chi connectivity index (χ1v) is 2.46. The largest absolute Gasteiger partial charge is 1.00 e. The summed E-state index contributed by atoms with van der Waals surface area (Å²) in [6.07, 6.45) is 0. The Hall–Kier alpha value is 2.56. The summed E-state index contributed by atoms with van der Waals surface area (Å²) in [4.78, 5) is 8.36. The molecule has 0 aromatic carbocycles. The van der Waals surface area contributed by atoms with E-state index >= 15 is 0 Å². The predicted octanol–water partition coefficient (Wildman–Crippen LogP) is -10.3. The van der Waals surface area contributed by atoms with Gasteiger partial charge in [0.15, 0.2) is 0 Å². The zero-order valence-corrected chi connectivity index (χ0v) is 13.5. The van der Waals surface area contributed by atoms with E-state index in [4.69, 9.17) is 34.0 Å². The fraction of sp³-hybridized carbons (Fsp3) is 0. The van der Waals surface area contributed by atoms with Crippen LogP contribution in [0.2, 0.25) is 0 Å². The smallest absolute Gasteiger partial charge is 0.344 e. The van der Waals surface area contributed by atoms with Crippen molar-refractivity contribution in [2.75, 3.05) is 0 Å². The molecule has 0 aliphatic heterocycles. The molecule has 0 atom stereocenters. The third kappa shape index (κ3) is 256. The van der Waals surface area contributed by atoms with Gasteiger partial charge in [0.2, 0.25) is 0 Å². The molecular formula is H5ClK2N2O7+2. The van der Waals surface area contributed by atoms with Crippen molar-refractivity contribution in [2.45, 2.75) is 0 Å². The fourth-order valence-electron chi connectivity index (χ4n) is 0. The van der Waals surface area contributed by atoms with E-state index in [1.165, 1.54) is 0 Å². The number of nitrogens with zero attached hydrogens (tertiary/aromatic N) is 1. The van der Waals surface area contributed by atoms with Crippen molar-refractivity contribution in [2.24, 2.45) is 0 Å². The van der Waals surface area contributed by atoms with Crippen molar-refractivity contribution in [3.8, 4) is 0 Å². The quantitative estimate of drug-likeness (QED) is 0.217. The normalized spacial score (nSPS) is 7.00. The summed E-state index contributed by atoms with van der Waals surface area (Å²) in [5, 5.41) is 13.6. The van der Waals surface area contributed by atoms with Crippen LogP contribution in [0.1, 0.15) is 0 Å². The Morgan fingerprint density at radius 1 is 1.17 bits per heavy atom. The monoisotopic (exact) mass is 258 g/mol. The SMILES string of the molecule is N.O=[N+]([O-])O.[K+].[K+].[O-][Cl+3]([O-])([O-])O. The number of hydrogen-bond acceptors (Lipinski definition) is 7. The van der Waals surface area contributed by atoms with E-state index in [2.05, 4.69) is 0 Å². The van der Waals surface area contributed by atoms with Gasteiger partial charge < -0.3 is 11.4 Å². The Morgan fingerprint density at radius 3 is 1.17 bits per heavy atom. The average molecular weight is 259 g/mol. The minimum Gasteiger partial charge on any atom is -0.344 e. The van der Waals surface area contributed by atoms with Gasteiger partial charge in [-0.15, -0.1) is 10.1 Å². The van der Waals surface area contributed by atoms with Gasteiger partial charge in [0.1, 0.15) is 0 Å². The van der Waals surface area contributed by atoms with Gasteiger partial charge in [-0.2, -0.15) is 14.0 Å². The van der Waals surface area contributed by atoms with Gasteiger partial charge in [0.05, 0.1) is 14.9 Å². The van der Waals surface area contributed by atoms with Crippen LogP contribution in [0.3, 0.4) is 0 Å². The molecule has 0 unspecified atom stereocenters. The van der Waals surface area contributed by atoms with Crippen LogP contribution in [0.25, 0.3) is 0 Å². The summed E-state index contributed by atoms with van der Waals surface area (Å²) in [6, 6.07) is 0. The first-order chi connectivity index (χ1) is 3.73. The van der Waals surface area contributed by atoms with Crippen molar-refractivity contribution < 1.29 is 142 Å². The second kappa shape index (κ2) is 16.0. The Balaban J connectivity index is -0.0000000221. The third-order valence-corrected chi connectivity index (χ3v) is 0. The second-order valence-corrected chi connectivity index (χ2v) is 1.43. The van der Waals surface area contributed by atoms with Crippen LogP contribution in [-0.2, 0) is 0 Å². The molecule has 0 saturated heterocycles. The first kappa shape index (κ1) is 29.3. The second-order valence-electron chi connectivity index (χ2n) is 0.634. The maximum absolute atomic E-state index is 8.60. The summed E-state index contributed by atoms with van der Waals surface area (Å²) >= 11 is 0. The molecule has 64 valence electrons. The summed E-state index contributed by atoms with van der Waals surface area (Å²) in [5.41, 5.74) is 0. The van der Waals surface area contributed by atoms with Gasteiger partial charge in [0, 0.05) is 0 Å². The van der Waals surface area contributed by atoms with E-state index in [-0.39, 0.29) is 109 Å². The van der Waals surface area contributed by atoms with Crippen LogP contribution >= 0.6 is 0 Å². The molecule has 0 amide bonds. The minimum atomic E-state index is -4.69. The van der Waals surface area contributed by atoms with Crippen LogP contribution in [0.15, 0.2) is 0 Å². The molecule has 9 nitrogen and oxygen atoms in total. The molecule has 0 aromatic rings. The average Bonchev–Trinajstić information content (AvgIpc) is 1.19. The molecular weight excluding hydrogens is 254 g/mol. The van der Waals surface area contributed by atoms with Gasteiger partial charge in [-0.05, 0) is 0 Å². The van der Waals surface area contributed by atoms with Crippen molar-refractivity contribution in [1.82, 2.24) is 6.15 Å².